The molecular formula is C34H41F3. The lowest BCUT2D eigenvalue weighted by molar-refractivity contribution is 0.303. The molecule has 1 aliphatic carbocycles. The van der Waals surface area contributed by atoms with Crippen LogP contribution in [0.1, 0.15) is 99.8 Å². The van der Waals surface area contributed by atoms with Crippen LogP contribution in [0.3, 0.4) is 0 Å². The summed E-state index contributed by atoms with van der Waals surface area (Å²) >= 11 is 0. The number of unbranched alkanes of at least 4 members (excludes halogenated alkanes) is 2. The van der Waals surface area contributed by atoms with Crippen molar-refractivity contribution in [2.45, 2.75) is 96.8 Å². The van der Waals surface area contributed by atoms with Gasteiger partial charge >= 0.3 is 0 Å². The molecule has 198 valence electrons. The Balaban J connectivity index is 1.32. The van der Waals surface area contributed by atoms with Crippen LogP contribution in [0.25, 0.3) is 11.1 Å². The summed E-state index contributed by atoms with van der Waals surface area (Å²) in [6, 6.07) is 16.9. The molecule has 4 rings (SSSR count). The third-order valence-electron chi connectivity index (χ3n) is 8.22. The van der Waals surface area contributed by atoms with Crippen LogP contribution in [0, 0.1) is 23.4 Å². The van der Waals surface area contributed by atoms with Crippen LogP contribution in [0.2, 0.25) is 0 Å². The maximum absolute atomic E-state index is 14.9. The van der Waals surface area contributed by atoms with Crippen LogP contribution in [0.5, 0.6) is 0 Å². The van der Waals surface area contributed by atoms with Crippen molar-refractivity contribution < 1.29 is 13.2 Å². The molecule has 1 saturated carbocycles. The fraction of sp³-hybridized carbons (Fsp3) is 0.471. The molecule has 0 spiro atoms. The van der Waals surface area contributed by atoms with E-state index in [9.17, 15) is 13.2 Å². The van der Waals surface area contributed by atoms with E-state index in [2.05, 4.69) is 31.2 Å². The van der Waals surface area contributed by atoms with Gasteiger partial charge in [-0.1, -0.05) is 94.5 Å². The highest BCUT2D eigenvalue weighted by atomic mass is 19.2. The van der Waals surface area contributed by atoms with E-state index in [4.69, 9.17) is 0 Å². The molecule has 0 atom stereocenters. The standard InChI is InChI=1S/C34H41F3/c1-3-5-6-8-24-11-16-27(17-12-24)28-18-13-25(14-19-28)9-10-26-15-21-30(32(35)23-26)31-22-20-29(7-4-2)33(36)34(31)37/h13-15,18-24,27H,3-12,16-17H2,1-2H3. The maximum Gasteiger partial charge on any atom is 0.167 e. The Bertz CT molecular complexity index is 1140. The van der Waals surface area contributed by atoms with Gasteiger partial charge in [0.15, 0.2) is 11.6 Å². The van der Waals surface area contributed by atoms with E-state index in [1.165, 1.54) is 74.6 Å². The summed E-state index contributed by atoms with van der Waals surface area (Å²) in [4.78, 5) is 0. The minimum atomic E-state index is -0.970. The molecule has 1 fully saturated rings. The second-order valence-corrected chi connectivity index (χ2v) is 10.9. The topological polar surface area (TPSA) is 0 Å². The number of aryl methyl sites for hydroxylation is 3. The van der Waals surface area contributed by atoms with Gasteiger partial charge in [-0.25, -0.2) is 13.2 Å². The number of hydrogen-bond donors (Lipinski definition) is 0. The lowest BCUT2D eigenvalue weighted by Crippen LogP contribution is -2.13. The number of rotatable bonds is 11. The van der Waals surface area contributed by atoms with Gasteiger partial charge in [0.25, 0.3) is 0 Å². The summed E-state index contributed by atoms with van der Waals surface area (Å²) in [5.41, 5.74) is 3.96. The molecule has 1 aliphatic rings. The predicted octanol–water partition coefficient (Wildman–Crippen LogP) is 10.4. The summed E-state index contributed by atoms with van der Waals surface area (Å²) < 4.78 is 43.9. The van der Waals surface area contributed by atoms with Crippen molar-refractivity contribution in [3.8, 4) is 11.1 Å². The minimum absolute atomic E-state index is 0.0213. The zero-order valence-electron chi connectivity index (χ0n) is 22.5. The summed E-state index contributed by atoms with van der Waals surface area (Å²) in [7, 11) is 0. The van der Waals surface area contributed by atoms with Crippen LogP contribution in [0.4, 0.5) is 13.2 Å². The van der Waals surface area contributed by atoms with Crippen LogP contribution >= 0.6 is 0 Å². The molecule has 3 aromatic rings. The van der Waals surface area contributed by atoms with Gasteiger partial charge in [-0.2, -0.15) is 0 Å². The van der Waals surface area contributed by atoms with E-state index < -0.39 is 17.5 Å². The molecule has 0 bridgehead atoms. The van der Waals surface area contributed by atoms with Crippen molar-refractivity contribution in [1.29, 1.82) is 0 Å². The van der Waals surface area contributed by atoms with Gasteiger partial charge in [0.2, 0.25) is 0 Å². The van der Waals surface area contributed by atoms with E-state index in [-0.39, 0.29) is 11.1 Å². The molecule has 3 heteroatoms. The number of benzene rings is 3. The molecule has 0 heterocycles. The third-order valence-corrected chi connectivity index (χ3v) is 8.22. The van der Waals surface area contributed by atoms with Gasteiger partial charge in [-0.15, -0.1) is 0 Å². The Kier molecular flexibility index (Phi) is 9.88. The van der Waals surface area contributed by atoms with E-state index in [1.54, 1.807) is 12.1 Å². The van der Waals surface area contributed by atoms with Gasteiger partial charge in [-0.05, 0) is 85.1 Å². The Morgan fingerprint density at radius 2 is 1.32 bits per heavy atom. The third kappa shape index (κ3) is 7.06. The fourth-order valence-corrected chi connectivity index (χ4v) is 5.91. The Morgan fingerprint density at radius 1 is 0.649 bits per heavy atom. The predicted molar refractivity (Wildman–Crippen MR) is 148 cm³/mol. The summed E-state index contributed by atoms with van der Waals surface area (Å²) in [5.74, 6) is -0.752. The Hall–Kier alpha value is -2.55. The summed E-state index contributed by atoms with van der Waals surface area (Å²) in [5, 5.41) is 0. The molecule has 37 heavy (non-hydrogen) atoms. The first kappa shape index (κ1) is 27.5. The van der Waals surface area contributed by atoms with Crippen molar-refractivity contribution in [3.05, 3.63) is 94.3 Å². The van der Waals surface area contributed by atoms with Crippen LogP contribution in [-0.2, 0) is 19.3 Å². The highest BCUT2D eigenvalue weighted by Gasteiger charge is 2.22. The first-order valence-electron chi connectivity index (χ1n) is 14.3. The molecule has 0 aromatic heterocycles. The van der Waals surface area contributed by atoms with Crippen molar-refractivity contribution >= 4 is 0 Å². The Morgan fingerprint density at radius 3 is 2.00 bits per heavy atom. The van der Waals surface area contributed by atoms with E-state index in [0.717, 1.165) is 24.3 Å². The molecule has 0 amide bonds. The van der Waals surface area contributed by atoms with Crippen molar-refractivity contribution in [3.63, 3.8) is 0 Å². The fourth-order valence-electron chi connectivity index (χ4n) is 5.91. The lowest BCUT2D eigenvalue weighted by Gasteiger charge is -2.29. The highest BCUT2D eigenvalue weighted by Crippen LogP contribution is 2.38. The smallest absolute Gasteiger partial charge is 0.167 e. The molecule has 0 N–H and O–H groups in total. The first-order chi connectivity index (χ1) is 18.0. The van der Waals surface area contributed by atoms with Gasteiger partial charge in [0.05, 0.1) is 0 Å². The van der Waals surface area contributed by atoms with Crippen molar-refractivity contribution in [2.75, 3.05) is 0 Å². The number of halogens is 3. The second kappa shape index (κ2) is 13.3. The van der Waals surface area contributed by atoms with Gasteiger partial charge < -0.3 is 0 Å². The van der Waals surface area contributed by atoms with E-state index >= 15 is 0 Å². The molecule has 0 radical (unpaired) electrons. The molecule has 0 aliphatic heterocycles. The quantitative estimate of drug-likeness (QED) is 0.227. The minimum Gasteiger partial charge on any atom is -0.206 e. The largest absolute Gasteiger partial charge is 0.206 e. The molecule has 0 unspecified atom stereocenters. The van der Waals surface area contributed by atoms with Gasteiger partial charge in [0, 0.05) is 11.1 Å². The van der Waals surface area contributed by atoms with Crippen molar-refractivity contribution in [1.82, 2.24) is 0 Å². The highest BCUT2D eigenvalue weighted by molar-refractivity contribution is 5.66. The first-order valence-corrected chi connectivity index (χ1v) is 14.3. The van der Waals surface area contributed by atoms with Crippen LogP contribution < -0.4 is 0 Å². The van der Waals surface area contributed by atoms with Gasteiger partial charge in [-0.3, -0.25) is 0 Å². The monoisotopic (exact) mass is 506 g/mol. The Labute approximate surface area is 221 Å². The molecule has 0 saturated heterocycles. The zero-order chi connectivity index (χ0) is 26.2. The maximum atomic E-state index is 14.9. The molecule has 3 aromatic carbocycles. The van der Waals surface area contributed by atoms with Crippen LogP contribution in [-0.4, -0.2) is 0 Å². The van der Waals surface area contributed by atoms with E-state index in [0.29, 0.717) is 24.3 Å². The summed E-state index contributed by atoms with van der Waals surface area (Å²) in [6.07, 6.45) is 13.5. The SMILES string of the molecule is CCCCCC1CCC(c2ccc(CCc3ccc(-c4ccc(CCC)c(F)c4F)c(F)c3)cc2)CC1. The zero-order valence-corrected chi connectivity index (χ0v) is 22.5. The average molecular weight is 507 g/mol. The van der Waals surface area contributed by atoms with Gasteiger partial charge in [0.1, 0.15) is 5.82 Å². The summed E-state index contributed by atoms with van der Waals surface area (Å²) in [6.45, 7) is 4.19. The average Bonchev–Trinajstić information content (AvgIpc) is 2.92. The van der Waals surface area contributed by atoms with Crippen LogP contribution in [0.15, 0.2) is 54.6 Å². The molecular weight excluding hydrogens is 465 g/mol. The number of hydrogen-bond acceptors (Lipinski definition) is 0. The van der Waals surface area contributed by atoms with Crippen molar-refractivity contribution in [2.24, 2.45) is 5.92 Å². The van der Waals surface area contributed by atoms with E-state index in [1.807, 2.05) is 13.0 Å². The molecule has 0 nitrogen and oxygen atoms in total. The normalized spacial score (nSPS) is 17.8. The lowest BCUT2D eigenvalue weighted by atomic mass is 9.77. The second-order valence-electron chi connectivity index (χ2n) is 10.9.